The van der Waals surface area contributed by atoms with E-state index >= 15 is 0 Å². The Balaban J connectivity index is 1.70. The number of benzene rings is 2. The Kier molecular flexibility index (Phi) is 6.78. The first-order valence-electron chi connectivity index (χ1n) is 11.3. The molecule has 6 nitrogen and oxygen atoms in total. The maximum Gasteiger partial charge on any atom is 0.254 e. The molecule has 0 spiro atoms. The van der Waals surface area contributed by atoms with E-state index in [2.05, 4.69) is 10.1 Å². The first-order chi connectivity index (χ1) is 15.6. The molecule has 2 aromatic carbocycles. The number of anilines is 1. The highest BCUT2D eigenvalue weighted by Crippen LogP contribution is 2.34. The summed E-state index contributed by atoms with van der Waals surface area (Å²) in [4.78, 5) is 17.6. The SMILES string of the molecule is COc1ccc(C(=O)N(Cc2c(-c3ccccc3)noc2N2CCCCC2)C(C)C)cc1. The van der Waals surface area contributed by atoms with Crippen molar-refractivity contribution in [3.8, 4) is 17.0 Å². The van der Waals surface area contributed by atoms with Gasteiger partial charge in [0.15, 0.2) is 0 Å². The summed E-state index contributed by atoms with van der Waals surface area (Å²) in [6, 6.07) is 17.3. The zero-order chi connectivity index (χ0) is 22.5. The minimum atomic E-state index is -0.0209. The van der Waals surface area contributed by atoms with E-state index in [1.807, 2.05) is 73.3 Å². The van der Waals surface area contributed by atoms with Gasteiger partial charge < -0.3 is 19.1 Å². The van der Waals surface area contributed by atoms with Gasteiger partial charge in [0.05, 0.1) is 19.2 Å². The Morgan fingerprint density at radius 2 is 1.75 bits per heavy atom. The van der Waals surface area contributed by atoms with E-state index in [0.29, 0.717) is 12.1 Å². The van der Waals surface area contributed by atoms with Crippen LogP contribution in [-0.2, 0) is 6.54 Å². The molecular weight excluding hydrogens is 402 g/mol. The molecule has 0 N–H and O–H groups in total. The van der Waals surface area contributed by atoms with Crippen LogP contribution in [0, 0.1) is 0 Å². The second-order valence-corrected chi connectivity index (χ2v) is 8.48. The number of hydrogen-bond donors (Lipinski definition) is 0. The van der Waals surface area contributed by atoms with E-state index in [-0.39, 0.29) is 11.9 Å². The van der Waals surface area contributed by atoms with Crippen LogP contribution < -0.4 is 9.64 Å². The number of aromatic nitrogens is 1. The molecular formula is C26H31N3O3. The molecule has 168 valence electrons. The third-order valence-corrected chi connectivity index (χ3v) is 6.01. The van der Waals surface area contributed by atoms with Gasteiger partial charge in [0.2, 0.25) is 5.88 Å². The smallest absolute Gasteiger partial charge is 0.254 e. The van der Waals surface area contributed by atoms with E-state index < -0.39 is 0 Å². The summed E-state index contributed by atoms with van der Waals surface area (Å²) < 4.78 is 11.1. The van der Waals surface area contributed by atoms with Crippen LogP contribution in [0.1, 0.15) is 49.0 Å². The van der Waals surface area contributed by atoms with Gasteiger partial charge in [-0.3, -0.25) is 4.79 Å². The number of carbonyl (C=O) groups is 1. The maximum absolute atomic E-state index is 13.5. The third kappa shape index (κ3) is 4.64. The Labute approximate surface area is 189 Å². The number of amides is 1. The Bertz CT molecular complexity index is 1020. The number of hydrogen-bond acceptors (Lipinski definition) is 5. The van der Waals surface area contributed by atoms with Gasteiger partial charge in [-0.25, -0.2) is 0 Å². The fourth-order valence-corrected chi connectivity index (χ4v) is 4.17. The van der Waals surface area contributed by atoms with Gasteiger partial charge in [-0.05, 0) is 57.4 Å². The van der Waals surface area contributed by atoms with Gasteiger partial charge in [0, 0.05) is 30.3 Å². The zero-order valence-electron chi connectivity index (χ0n) is 19.1. The predicted octanol–water partition coefficient (Wildman–Crippen LogP) is 5.39. The molecule has 4 rings (SSSR count). The Morgan fingerprint density at radius 1 is 1.06 bits per heavy atom. The number of carbonyl (C=O) groups excluding carboxylic acids is 1. The normalized spacial score (nSPS) is 13.9. The lowest BCUT2D eigenvalue weighted by Crippen LogP contribution is -2.37. The van der Waals surface area contributed by atoms with Crippen LogP contribution in [0.2, 0.25) is 0 Å². The summed E-state index contributed by atoms with van der Waals surface area (Å²) in [5.41, 5.74) is 3.40. The van der Waals surface area contributed by atoms with Crippen molar-refractivity contribution in [3.63, 3.8) is 0 Å². The van der Waals surface area contributed by atoms with E-state index in [9.17, 15) is 4.79 Å². The number of rotatable bonds is 7. The quantitative estimate of drug-likeness (QED) is 0.500. The second kappa shape index (κ2) is 9.90. The van der Waals surface area contributed by atoms with E-state index in [1.54, 1.807) is 7.11 Å². The maximum atomic E-state index is 13.5. The molecule has 1 saturated heterocycles. The second-order valence-electron chi connectivity index (χ2n) is 8.48. The molecule has 1 aromatic heterocycles. The van der Waals surface area contributed by atoms with Crippen LogP contribution in [0.5, 0.6) is 5.75 Å². The summed E-state index contributed by atoms with van der Waals surface area (Å²) in [6.07, 6.45) is 3.51. The first kappa shape index (κ1) is 21.9. The van der Waals surface area contributed by atoms with Crippen molar-refractivity contribution in [1.29, 1.82) is 0 Å². The van der Waals surface area contributed by atoms with E-state index in [1.165, 1.54) is 6.42 Å². The monoisotopic (exact) mass is 433 g/mol. The van der Waals surface area contributed by atoms with Crippen molar-refractivity contribution in [2.75, 3.05) is 25.1 Å². The van der Waals surface area contributed by atoms with Gasteiger partial charge in [0.25, 0.3) is 5.91 Å². The van der Waals surface area contributed by atoms with Crippen molar-refractivity contribution in [2.45, 2.75) is 45.7 Å². The lowest BCUT2D eigenvalue weighted by atomic mass is 10.0. The molecule has 0 aliphatic carbocycles. The van der Waals surface area contributed by atoms with Gasteiger partial charge >= 0.3 is 0 Å². The molecule has 0 radical (unpaired) electrons. The number of methoxy groups -OCH3 is 1. The lowest BCUT2D eigenvalue weighted by molar-refractivity contribution is 0.0690. The Morgan fingerprint density at radius 3 is 2.38 bits per heavy atom. The van der Waals surface area contributed by atoms with Crippen LogP contribution in [0.3, 0.4) is 0 Å². The lowest BCUT2D eigenvalue weighted by Gasteiger charge is -2.30. The molecule has 1 fully saturated rings. The fraction of sp³-hybridized carbons (Fsp3) is 0.385. The van der Waals surface area contributed by atoms with Crippen molar-refractivity contribution >= 4 is 11.8 Å². The highest BCUT2D eigenvalue weighted by Gasteiger charge is 2.28. The minimum absolute atomic E-state index is 0.0114. The summed E-state index contributed by atoms with van der Waals surface area (Å²) in [5, 5.41) is 4.46. The van der Waals surface area contributed by atoms with Gasteiger partial charge in [0.1, 0.15) is 11.4 Å². The minimum Gasteiger partial charge on any atom is -0.497 e. The molecule has 3 aromatic rings. The average Bonchev–Trinajstić information content (AvgIpc) is 3.26. The van der Waals surface area contributed by atoms with E-state index in [4.69, 9.17) is 9.26 Å². The van der Waals surface area contributed by atoms with Crippen molar-refractivity contribution in [1.82, 2.24) is 10.1 Å². The zero-order valence-corrected chi connectivity index (χ0v) is 19.1. The summed E-state index contributed by atoms with van der Waals surface area (Å²) >= 11 is 0. The van der Waals surface area contributed by atoms with Crippen LogP contribution in [0.15, 0.2) is 59.1 Å². The van der Waals surface area contributed by atoms with Crippen LogP contribution in [-0.4, -0.2) is 42.2 Å². The van der Waals surface area contributed by atoms with Crippen molar-refractivity contribution in [2.24, 2.45) is 0 Å². The molecule has 1 aliphatic rings. The number of nitrogens with zero attached hydrogens (tertiary/aromatic N) is 3. The topological polar surface area (TPSA) is 58.8 Å². The Hall–Kier alpha value is -3.28. The number of ether oxygens (including phenoxy) is 1. The van der Waals surface area contributed by atoms with Gasteiger partial charge in [-0.2, -0.15) is 0 Å². The largest absolute Gasteiger partial charge is 0.497 e. The van der Waals surface area contributed by atoms with Crippen molar-refractivity contribution < 1.29 is 14.1 Å². The standard InChI is InChI=1S/C26H31N3O3/c1-19(2)29(25(30)21-12-14-22(31-3)15-13-21)18-23-24(20-10-6-4-7-11-20)27-32-26(23)28-16-8-5-9-17-28/h4,6-7,10-15,19H,5,8-9,16-18H2,1-3H3. The van der Waals surface area contributed by atoms with Crippen LogP contribution in [0.25, 0.3) is 11.3 Å². The predicted molar refractivity (Wildman–Crippen MR) is 126 cm³/mol. The molecule has 0 saturated carbocycles. The summed E-state index contributed by atoms with van der Waals surface area (Å²) in [7, 11) is 1.62. The summed E-state index contributed by atoms with van der Waals surface area (Å²) in [5.74, 6) is 1.50. The molecule has 0 unspecified atom stereocenters. The third-order valence-electron chi connectivity index (χ3n) is 6.01. The molecule has 32 heavy (non-hydrogen) atoms. The summed E-state index contributed by atoms with van der Waals surface area (Å²) in [6.45, 7) is 6.41. The van der Waals surface area contributed by atoms with E-state index in [0.717, 1.165) is 54.4 Å². The average molecular weight is 434 g/mol. The molecule has 1 amide bonds. The molecule has 6 heteroatoms. The number of piperidine rings is 1. The molecule has 2 heterocycles. The molecule has 0 atom stereocenters. The highest BCUT2D eigenvalue weighted by atomic mass is 16.5. The highest BCUT2D eigenvalue weighted by molar-refractivity contribution is 5.94. The molecule has 0 bridgehead atoms. The first-order valence-corrected chi connectivity index (χ1v) is 11.3. The van der Waals surface area contributed by atoms with Crippen molar-refractivity contribution in [3.05, 3.63) is 65.7 Å². The van der Waals surface area contributed by atoms with Crippen LogP contribution in [0.4, 0.5) is 5.88 Å². The molecule has 1 aliphatic heterocycles. The van der Waals surface area contributed by atoms with Gasteiger partial charge in [-0.15, -0.1) is 0 Å². The van der Waals surface area contributed by atoms with Gasteiger partial charge in [-0.1, -0.05) is 35.5 Å². The fourth-order valence-electron chi connectivity index (χ4n) is 4.17. The van der Waals surface area contributed by atoms with Crippen LogP contribution >= 0.6 is 0 Å².